The molecule has 1 aromatic rings. The molecule has 1 saturated heterocycles. The molecule has 0 saturated carbocycles. The fourth-order valence-electron chi connectivity index (χ4n) is 2.15. The minimum atomic E-state index is -4.75. The zero-order valence-electron chi connectivity index (χ0n) is 11.0. The van der Waals surface area contributed by atoms with Gasteiger partial charge in [0.25, 0.3) is 5.69 Å². The molecule has 1 aromatic carbocycles. The second kappa shape index (κ2) is 5.23. The highest BCUT2D eigenvalue weighted by molar-refractivity contribution is 5.86. The lowest BCUT2D eigenvalue weighted by molar-refractivity contribution is -0.385. The summed E-state index contributed by atoms with van der Waals surface area (Å²) in [5, 5.41) is 13.1. The Kier molecular flexibility index (Phi) is 3.75. The Bertz CT molecular complexity index is 589. The second-order valence-corrected chi connectivity index (χ2v) is 4.73. The van der Waals surface area contributed by atoms with Crippen molar-refractivity contribution in [1.29, 1.82) is 0 Å². The molecule has 1 aliphatic heterocycles. The van der Waals surface area contributed by atoms with Crippen molar-refractivity contribution in [3.63, 3.8) is 0 Å². The van der Waals surface area contributed by atoms with Crippen LogP contribution < -0.4 is 5.32 Å². The van der Waals surface area contributed by atoms with Gasteiger partial charge in [-0.3, -0.25) is 14.9 Å². The minimum absolute atomic E-state index is 0.304. The van der Waals surface area contributed by atoms with Crippen LogP contribution in [0.3, 0.4) is 0 Å². The first-order chi connectivity index (χ1) is 9.70. The van der Waals surface area contributed by atoms with E-state index in [4.69, 9.17) is 0 Å². The zero-order chi connectivity index (χ0) is 15.8. The molecule has 1 fully saturated rings. The van der Waals surface area contributed by atoms with E-state index in [0.717, 1.165) is 12.1 Å². The number of anilines is 1. The number of halogens is 3. The number of nitrogens with zero attached hydrogens (tertiary/aromatic N) is 2. The van der Waals surface area contributed by atoms with Gasteiger partial charge in [-0.25, -0.2) is 0 Å². The van der Waals surface area contributed by atoms with Crippen LogP contribution in [0, 0.1) is 10.1 Å². The second-order valence-electron chi connectivity index (χ2n) is 4.73. The Morgan fingerprint density at radius 1 is 1.43 bits per heavy atom. The summed E-state index contributed by atoms with van der Waals surface area (Å²) in [7, 11) is 1.56. The zero-order valence-corrected chi connectivity index (χ0v) is 11.0. The SMILES string of the molecule is CN1CCC(Nc2ccc([N+](=O)[O-])cc2C(F)(F)F)C1=O. The molecule has 0 bridgehead atoms. The van der Waals surface area contributed by atoms with Crippen molar-refractivity contribution in [3.8, 4) is 0 Å². The smallest absolute Gasteiger partial charge is 0.373 e. The maximum Gasteiger partial charge on any atom is 0.418 e. The number of carbonyl (C=O) groups is 1. The van der Waals surface area contributed by atoms with Crippen molar-refractivity contribution in [2.75, 3.05) is 18.9 Å². The molecular weight excluding hydrogens is 291 g/mol. The molecule has 0 radical (unpaired) electrons. The standard InChI is InChI=1S/C12H12F3N3O3/c1-17-5-4-10(11(17)19)16-9-3-2-7(18(20)21)6-8(9)12(13,14)15/h2-3,6,10,16H,4-5H2,1H3. The third-order valence-electron chi connectivity index (χ3n) is 3.28. The Balaban J connectivity index is 2.35. The largest absolute Gasteiger partial charge is 0.418 e. The van der Waals surface area contributed by atoms with Crippen molar-refractivity contribution < 1.29 is 22.9 Å². The predicted molar refractivity (Wildman–Crippen MR) is 67.8 cm³/mol. The fraction of sp³-hybridized carbons (Fsp3) is 0.417. The molecular formula is C12H12F3N3O3. The van der Waals surface area contributed by atoms with Crippen LogP contribution in [0.25, 0.3) is 0 Å². The first kappa shape index (κ1) is 15.1. The number of nitrogens with one attached hydrogen (secondary N) is 1. The summed E-state index contributed by atoms with van der Waals surface area (Å²) < 4.78 is 38.9. The Morgan fingerprint density at radius 2 is 2.10 bits per heavy atom. The number of nitro benzene ring substituents is 1. The van der Waals surface area contributed by atoms with Crippen LogP contribution >= 0.6 is 0 Å². The van der Waals surface area contributed by atoms with E-state index in [1.165, 1.54) is 4.90 Å². The van der Waals surface area contributed by atoms with E-state index in [0.29, 0.717) is 19.0 Å². The summed E-state index contributed by atoms with van der Waals surface area (Å²) in [5.74, 6) is -0.304. The van der Waals surface area contributed by atoms with E-state index in [-0.39, 0.29) is 11.6 Å². The van der Waals surface area contributed by atoms with Gasteiger partial charge in [0.05, 0.1) is 10.5 Å². The van der Waals surface area contributed by atoms with Gasteiger partial charge in [0.2, 0.25) is 5.91 Å². The van der Waals surface area contributed by atoms with Gasteiger partial charge in [-0.2, -0.15) is 13.2 Å². The summed E-state index contributed by atoms with van der Waals surface area (Å²) in [6, 6.07) is 1.66. The number of amides is 1. The molecule has 0 aliphatic carbocycles. The van der Waals surface area contributed by atoms with Crippen LogP contribution in [-0.4, -0.2) is 35.4 Å². The number of hydrogen-bond donors (Lipinski definition) is 1. The lowest BCUT2D eigenvalue weighted by Crippen LogP contribution is -2.31. The average Bonchev–Trinajstić information content (AvgIpc) is 2.69. The van der Waals surface area contributed by atoms with E-state index in [2.05, 4.69) is 5.32 Å². The van der Waals surface area contributed by atoms with Gasteiger partial charge in [-0.1, -0.05) is 0 Å². The van der Waals surface area contributed by atoms with Gasteiger partial charge in [-0.15, -0.1) is 0 Å². The van der Waals surface area contributed by atoms with E-state index in [1.54, 1.807) is 7.05 Å². The lowest BCUT2D eigenvalue weighted by atomic mass is 10.1. The van der Waals surface area contributed by atoms with Gasteiger partial charge in [0, 0.05) is 31.4 Å². The quantitative estimate of drug-likeness (QED) is 0.686. The van der Waals surface area contributed by atoms with Crippen molar-refractivity contribution in [1.82, 2.24) is 4.90 Å². The normalized spacial score (nSPS) is 19.0. The molecule has 1 heterocycles. The highest BCUT2D eigenvalue weighted by atomic mass is 19.4. The number of rotatable bonds is 3. The highest BCUT2D eigenvalue weighted by Crippen LogP contribution is 2.37. The number of hydrogen-bond acceptors (Lipinski definition) is 4. The number of non-ortho nitro benzene ring substituents is 1. The molecule has 21 heavy (non-hydrogen) atoms. The van der Waals surface area contributed by atoms with Crippen molar-refractivity contribution >= 4 is 17.3 Å². The molecule has 1 unspecified atom stereocenters. The number of likely N-dealkylation sites (tertiary alicyclic amines) is 1. The van der Waals surface area contributed by atoms with E-state index in [9.17, 15) is 28.1 Å². The molecule has 9 heteroatoms. The van der Waals surface area contributed by atoms with E-state index < -0.39 is 28.4 Å². The predicted octanol–water partition coefficient (Wildman–Crippen LogP) is 2.26. The van der Waals surface area contributed by atoms with Gasteiger partial charge in [0.1, 0.15) is 6.04 Å². The van der Waals surface area contributed by atoms with E-state index in [1.807, 2.05) is 0 Å². The number of likely N-dealkylation sites (N-methyl/N-ethyl adjacent to an activating group) is 1. The maximum atomic E-state index is 13.0. The average molecular weight is 303 g/mol. The summed E-state index contributed by atoms with van der Waals surface area (Å²) >= 11 is 0. The Morgan fingerprint density at radius 3 is 2.57 bits per heavy atom. The van der Waals surface area contributed by atoms with Crippen molar-refractivity contribution in [2.24, 2.45) is 0 Å². The number of carbonyl (C=O) groups excluding carboxylic acids is 1. The number of benzene rings is 1. The van der Waals surface area contributed by atoms with Crippen LogP contribution in [0.4, 0.5) is 24.5 Å². The summed E-state index contributed by atoms with van der Waals surface area (Å²) in [6.45, 7) is 0.449. The lowest BCUT2D eigenvalue weighted by Gasteiger charge is -2.18. The maximum absolute atomic E-state index is 13.0. The first-order valence-corrected chi connectivity index (χ1v) is 6.07. The molecule has 0 aromatic heterocycles. The van der Waals surface area contributed by atoms with Gasteiger partial charge >= 0.3 is 6.18 Å². The van der Waals surface area contributed by atoms with Gasteiger partial charge in [0.15, 0.2) is 0 Å². The van der Waals surface area contributed by atoms with Crippen LogP contribution in [0.15, 0.2) is 18.2 Å². The highest BCUT2D eigenvalue weighted by Gasteiger charge is 2.37. The molecule has 1 aliphatic rings. The van der Waals surface area contributed by atoms with Gasteiger partial charge < -0.3 is 10.2 Å². The Labute approximate surface area is 117 Å². The third-order valence-corrected chi connectivity index (χ3v) is 3.28. The third kappa shape index (κ3) is 3.06. The number of nitro groups is 1. The molecule has 2 rings (SSSR count). The van der Waals surface area contributed by atoms with E-state index >= 15 is 0 Å². The van der Waals surface area contributed by atoms with Crippen molar-refractivity contribution in [3.05, 3.63) is 33.9 Å². The molecule has 114 valence electrons. The monoisotopic (exact) mass is 303 g/mol. The van der Waals surface area contributed by atoms with Crippen LogP contribution in [0.1, 0.15) is 12.0 Å². The Hall–Kier alpha value is -2.32. The molecule has 1 N–H and O–H groups in total. The van der Waals surface area contributed by atoms with Gasteiger partial charge in [-0.05, 0) is 12.5 Å². The first-order valence-electron chi connectivity index (χ1n) is 6.07. The molecule has 1 atom stereocenters. The fourth-order valence-corrected chi connectivity index (χ4v) is 2.15. The van der Waals surface area contributed by atoms with Crippen LogP contribution in [-0.2, 0) is 11.0 Å². The summed E-state index contributed by atoms with van der Waals surface area (Å²) in [5.41, 5.74) is -2.14. The topological polar surface area (TPSA) is 75.5 Å². The van der Waals surface area contributed by atoms with Crippen molar-refractivity contribution in [2.45, 2.75) is 18.6 Å². The number of alkyl halides is 3. The van der Waals surface area contributed by atoms with Crippen LogP contribution in [0.2, 0.25) is 0 Å². The molecule has 6 nitrogen and oxygen atoms in total. The van der Waals surface area contributed by atoms with Crippen LogP contribution in [0.5, 0.6) is 0 Å². The summed E-state index contributed by atoms with van der Waals surface area (Å²) in [6.07, 6.45) is -4.37. The summed E-state index contributed by atoms with van der Waals surface area (Å²) in [4.78, 5) is 22.8. The minimum Gasteiger partial charge on any atom is -0.373 e. The molecule has 1 amide bonds. The molecule has 0 spiro atoms.